The zero-order chi connectivity index (χ0) is 44.5. The van der Waals surface area contributed by atoms with Crippen LogP contribution in [0.25, 0.3) is 10.1 Å². The number of halogens is 2. The number of aliphatic hydroxyl groups is 2. The number of nitrogens with one attached hydrogen (secondary N) is 1. The second kappa shape index (κ2) is 19.1. The summed E-state index contributed by atoms with van der Waals surface area (Å²) in [6.45, 7) is 13.3. The summed E-state index contributed by atoms with van der Waals surface area (Å²) in [5.74, 6) is -0.516. The van der Waals surface area contributed by atoms with Crippen LogP contribution in [-0.2, 0) is 28.9 Å². The number of thiophene rings is 1. The van der Waals surface area contributed by atoms with Crippen LogP contribution in [0.1, 0.15) is 106 Å². The summed E-state index contributed by atoms with van der Waals surface area (Å²) in [6, 6.07) is 5.60. The Hall–Kier alpha value is -2.89. The SMILES string of the molecule is Cc1ccncc1C1CN(C(=O)[C@@H]2CC[C@@H]3CCC[C@H](NC(=O)c4cc5cc(C(F)(F)P(=O)(OCC[SH]=C(O)C(C)(C)C)OCC[SH]=C(O)C(C)(C)C)ccc5s4)C(=O)N32)C1. The van der Waals surface area contributed by atoms with Gasteiger partial charge in [-0.2, -0.15) is 31.5 Å². The van der Waals surface area contributed by atoms with E-state index in [1.54, 1.807) is 16.0 Å². The zero-order valence-electron chi connectivity index (χ0n) is 35.8. The standard InChI is InChI=1S/C43H59F2N4O8PS3/c1-26-15-16-46-23-31(26)28-24-48(25-28)38(52)33-13-12-30-9-8-10-32(37(51)49(30)33)47-36(50)35-22-27-21-29(11-14-34(27)61-35)43(44,45)58(55,56-17-19-59-39(53)41(2,3)4)57-18-20-60-40(54)42(5,6)7/h11,14-16,21-23,28,30,32-33,53-54,59-60H,8-10,12-13,17-20,24-25H2,1-7H3,(H,47,50)/t30-,32-,33-/m0/s1. The molecule has 6 rings (SSSR count). The number of alkyl halides is 2. The molecule has 2 aromatic heterocycles. The first-order valence-corrected chi connectivity index (χ1v) is 25.2. The quantitative estimate of drug-likeness (QED) is 0.0463. The van der Waals surface area contributed by atoms with Gasteiger partial charge in [-0.1, -0.05) is 47.6 Å². The predicted octanol–water partition coefficient (Wildman–Crippen LogP) is 8.55. The number of likely N-dealkylation sites (tertiary alicyclic amines) is 1. The van der Waals surface area contributed by atoms with E-state index in [1.165, 1.54) is 12.1 Å². The van der Waals surface area contributed by atoms with E-state index in [1.807, 2.05) is 60.7 Å². The van der Waals surface area contributed by atoms with Gasteiger partial charge >= 0.3 is 13.3 Å². The van der Waals surface area contributed by atoms with Gasteiger partial charge in [0, 0.05) is 70.0 Å². The van der Waals surface area contributed by atoms with E-state index in [0.29, 0.717) is 71.6 Å². The predicted molar refractivity (Wildman–Crippen MR) is 244 cm³/mol. The van der Waals surface area contributed by atoms with E-state index in [0.717, 1.165) is 41.0 Å². The highest BCUT2D eigenvalue weighted by molar-refractivity contribution is 7.98. The molecule has 12 nitrogen and oxygen atoms in total. The molecule has 18 heteroatoms. The topological polar surface area (TPSA) is 159 Å². The average Bonchev–Trinajstić information content (AvgIpc) is 3.77. The second-order valence-electron chi connectivity index (χ2n) is 18.1. The number of aromatic nitrogens is 1. The van der Waals surface area contributed by atoms with E-state index in [9.17, 15) is 29.2 Å². The van der Waals surface area contributed by atoms with E-state index in [-0.39, 0.29) is 63.5 Å². The van der Waals surface area contributed by atoms with Gasteiger partial charge < -0.3 is 34.4 Å². The van der Waals surface area contributed by atoms with Gasteiger partial charge in [0.1, 0.15) is 12.1 Å². The minimum Gasteiger partial charge on any atom is -0.359 e. The summed E-state index contributed by atoms with van der Waals surface area (Å²) in [6.07, 6.45) is 6.69. The monoisotopic (exact) mass is 924 g/mol. The van der Waals surface area contributed by atoms with Gasteiger partial charge in [0.2, 0.25) is 11.8 Å². The van der Waals surface area contributed by atoms with Gasteiger partial charge in [0.15, 0.2) is 0 Å². The number of aliphatic hydroxyl groups excluding tert-OH is 2. The molecule has 3 aliphatic rings. The minimum absolute atomic E-state index is 0.0750. The van der Waals surface area contributed by atoms with Crippen LogP contribution in [0.5, 0.6) is 0 Å². The van der Waals surface area contributed by atoms with E-state index >= 15 is 8.78 Å². The summed E-state index contributed by atoms with van der Waals surface area (Å²) in [4.78, 5) is 49.6. The molecule has 3 aliphatic heterocycles. The molecule has 0 saturated carbocycles. The lowest BCUT2D eigenvalue weighted by Crippen LogP contribution is -2.58. The highest BCUT2D eigenvalue weighted by Gasteiger charge is 2.55. The number of thiol groups is 2. The maximum absolute atomic E-state index is 16.4. The lowest BCUT2D eigenvalue weighted by molar-refractivity contribution is -0.148. The molecule has 0 bridgehead atoms. The van der Waals surface area contributed by atoms with Crippen LogP contribution in [0.4, 0.5) is 8.78 Å². The molecule has 1 aromatic carbocycles. The van der Waals surface area contributed by atoms with E-state index in [2.05, 4.69) is 10.3 Å². The van der Waals surface area contributed by atoms with Gasteiger partial charge in [0.05, 0.1) is 28.2 Å². The van der Waals surface area contributed by atoms with Crippen molar-refractivity contribution in [2.75, 3.05) is 37.8 Å². The number of carbonyl (C=O) groups is 3. The molecule has 3 aromatic rings. The van der Waals surface area contributed by atoms with Gasteiger partial charge in [-0.05, 0) is 79.8 Å². The van der Waals surface area contributed by atoms with Crippen LogP contribution in [-0.4, -0.2) is 109 Å². The van der Waals surface area contributed by atoms with Gasteiger partial charge in [-0.3, -0.25) is 23.9 Å². The van der Waals surface area contributed by atoms with Crippen molar-refractivity contribution < 1.29 is 47.0 Å². The number of pyridine rings is 1. The van der Waals surface area contributed by atoms with Crippen molar-refractivity contribution >= 4 is 79.5 Å². The molecule has 3 saturated heterocycles. The Bertz CT molecular complexity index is 2190. The van der Waals surface area contributed by atoms with Crippen LogP contribution in [0, 0.1) is 17.8 Å². The third-order valence-electron chi connectivity index (χ3n) is 11.4. The number of rotatable bonds is 14. The molecule has 3 atom stereocenters. The van der Waals surface area contributed by atoms with Crippen LogP contribution >= 0.6 is 41.6 Å². The first-order valence-electron chi connectivity index (χ1n) is 20.7. The Labute approximate surface area is 368 Å². The Morgan fingerprint density at radius 2 is 1.59 bits per heavy atom. The van der Waals surface area contributed by atoms with Crippen molar-refractivity contribution in [3.05, 3.63) is 64.3 Å². The lowest BCUT2D eigenvalue weighted by atomic mass is 9.89. The molecule has 336 valence electrons. The zero-order valence-corrected chi connectivity index (χ0v) is 39.3. The molecule has 3 N–H and O–H groups in total. The number of hydrogen-bond donors (Lipinski definition) is 5. The Balaban J connectivity index is 1.15. The third kappa shape index (κ3) is 10.7. The van der Waals surface area contributed by atoms with Crippen molar-refractivity contribution in [1.82, 2.24) is 20.1 Å². The number of benzene rings is 1. The highest BCUT2D eigenvalue weighted by Crippen LogP contribution is 2.67. The Kier molecular flexibility index (Phi) is 14.9. The number of aryl methyl sites for hydroxylation is 1. The summed E-state index contributed by atoms with van der Waals surface area (Å²) < 4.78 is 58.3. The van der Waals surface area contributed by atoms with Crippen molar-refractivity contribution in [3.63, 3.8) is 0 Å². The van der Waals surface area contributed by atoms with Crippen molar-refractivity contribution in [2.24, 2.45) is 10.8 Å². The fourth-order valence-electron chi connectivity index (χ4n) is 7.74. The van der Waals surface area contributed by atoms with Crippen molar-refractivity contribution in [1.29, 1.82) is 0 Å². The first-order chi connectivity index (χ1) is 28.6. The molecular weight excluding hydrogens is 866 g/mol. The smallest absolute Gasteiger partial charge is 0.359 e. The Morgan fingerprint density at radius 3 is 2.20 bits per heavy atom. The van der Waals surface area contributed by atoms with E-state index < -0.39 is 47.6 Å². The van der Waals surface area contributed by atoms with Crippen LogP contribution < -0.4 is 5.32 Å². The molecule has 0 aliphatic carbocycles. The fraction of sp³-hybridized carbons (Fsp3) is 0.581. The highest BCUT2D eigenvalue weighted by atomic mass is 32.1. The molecule has 3 amide bonds. The number of carbonyl (C=O) groups excluding carboxylic acids is 3. The van der Waals surface area contributed by atoms with Crippen LogP contribution in [0.2, 0.25) is 0 Å². The van der Waals surface area contributed by atoms with Gasteiger partial charge in [-0.25, -0.2) is 0 Å². The molecule has 0 radical (unpaired) electrons. The minimum atomic E-state index is -5.19. The molecule has 3 fully saturated rings. The second-order valence-corrected chi connectivity index (χ2v) is 23.6. The summed E-state index contributed by atoms with van der Waals surface area (Å²) in [5, 5.41) is 24.2. The van der Waals surface area contributed by atoms with Gasteiger partial charge in [-0.15, -0.1) is 11.3 Å². The largest absolute Gasteiger partial charge is 0.404 e. The van der Waals surface area contributed by atoms with Gasteiger partial charge in [0.25, 0.3) is 5.91 Å². The molecule has 5 heterocycles. The number of hydrogen-bond acceptors (Lipinski definition) is 8. The van der Waals surface area contributed by atoms with Crippen molar-refractivity contribution in [3.8, 4) is 0 Å². The summed E-state index contributed by atoms with van der Waals surface area (Å²) >= 11 is 1.95. The molecule has 0 spiro atoms. The molecule has 61 heavy (non-hydrogen) atoms. The van der Waals surface area contributed by atoms with Crippen LogP contribution in [0.15, 0.2) is 42.7 Å². The maximum atomic E-state index is 16.4. The van der Waals surface area contributed by atoms with Crippen molar-refractivity contribution in [2.45, 2.75) is 110 Å². The molecule has 0 unspecified atom stereocenters. The summed E-state index contributed by atoms with van der Waals surface area (Å²) in [5.41, 5.74) is -3.55. The fourth-order valence-corrected chi connectivity index (χ4v) is 12.2. The Morgan fingerprint density at radius 1 is 0.951 bits per heavy atom. The normalized spacial score (nSPS) is 22.1. The summed E-state index contributed by atoms with van der Waals surface area (Å²) in [7, 11) is -5.19. The molecular formula is C43H59F2N4O8PS3. The third-order valence-corrected chi connectivity index (χ3v) is 17.2. The lowest BCUT2D eigenvalue weighted by Gasteiger charge is -2.43. The van der Waals surface area contributed by atoms with Crippen LogP contribution in [0.3, 0.4) is 0 Å². The first kappa shape index (κ1) is 47.6. The maximum Gasteiger partial charge on any atom is 0.404 e. The number of amides is 3. The number of fused-ring (bicyclic) bond motifs is 2. The van der Waals surface area contributed by atoms with E-state index in [4.69, 9.17) is 9.05 Å². The number of nitrogens with zero attached hydrogens (tertiary/aromatic N) is 3. The average molecular weight is 925 g/mol.